The zero-order valence-corrected chi connectivity index (χ0v) is 13.4. The minimum atomic E-state index is -1.01. The van der Waals surface area contributed by atoms with E-state index in [1.54, 1.807) is 6.08 Å². The summed E-state index contributed by atoms with van der Waals surface area (Å²) in [6.07, 6.45) is 2.72. The van der Waals surface area contributed by atoms with E-state index in [1.807, 2.05) is 48.5 Å². The Morgan fingerprint density at radius 3 is 1.83 bits per heavy atom. The highest BCUT2D eigenvalue weighted by Crippen LogP contribution is 2.35. The molecule has 3 aromatic rings. The monoisotopic (exact) mass is 338 g/mol. The fraction of sp³-hybridized carbons (Fsp3) is 0.0526. The first-order chi connectivity index (χ1) is 11.6. The van der Waals surface area contributed by atoms with Gasteiger partial charge in [-0.05, 0) is 50.5 Å². The molecule has 0 amide bonds. The minimum absolute atomic E-state index is 0.347. The van der Waals surface area contributed by atoms with E-state index in [0.29, 0.717) is 5.75 Å². The van der Waals surface area contributed by atoms with Gasteiger partial charge < -0.3 is 10.2 Å². The molecule has 3 aromatic carbocycles. The summed E-state index contributed by atoms with van der Waals surface area (Å²) in [5.41, 5.74) is 1.77. The number of carbonyl (C=O) groups is 2. The smallest absolute Gasteiger partial charge is 0.365 e. The molecule has 0 aliphatic heterocycles. The third kappa shape index (κ3) is 3.12. The number of benzene rings is 3. The van der Waals surface area contributed by atoms with Crippen molar-refractivity contribution in [2.75, 3.05) is 0 Å². The zero-order chi connectivity index (χ0) is 17.1. The Bertz CT molecular complexity index is 919. The maximum Gasteiger partial charge on any atom is 0.365 e. The van der Waals surface area contributed by atoms with Crippen molar-refractivity contribution in [3.63, 3.8) is 0 Å². The molecule has 0 unspecified atom stereocenters. The average molecular weight is 338 g/mol. The van der Waals surface area contributed by atoms with Crippen LogP contribution in [0.1, 0.15) is 11.1 Å². The third-order valence-corrected chi connectivity index (χ3v) is 4.50. The molecular formula is C19H14O4S. The van der Waals surface area contributed by atoms with Crippen LogP contribution in [0.2, 0.25) is 0 Å². The Balaban J connectivity index is 2.36. The molecule has 0 heterocycles. The first-order valence-corrected chi connectivity index (χ1v) is 8.25. The van der Waals surface area contributed by atoms with E-state index in [-0.39, 0.29) is 0 Å². The molecule has 0 bridgehead atoms. The highest BCUT2D eigenvalue weighted by molar-refractivity contribution is 8.12. The molecule has 5 heteroatoms. The van der Waals surface area contributed by atoms with Crippen molar-refractivity contribution in [1.82, 2.24) is 0 Å². The van der Waals surface area contributed by atoms with E-state index >= 15 is 0 Å². The maximum absolute atomic E-state index is 11.0. The van der Waals surface area contributed by atoms with Gasteiger partial charge in [-0.15, -0.1) is 0 Å². The second kappa shape index (κ2) is 6.76. The number of fused-ring (bicyclic) bond motifs is 2. The Labute approximate surface area is 142 Å². The highest BCUT2D eigenvalue weighted by Gasteiger charge is 2.13. The van der Waals surface area contributed by atoms with Crippen molar-refractivity contribution in [2.24, 2.45) is 0 Å². The van der Waals surface area contributed by atoms with Gasteiger partial charge >= 0.3 is 11.3 Å². The lowest BCUT2D eigenvalue weighted by Crippen LogP contribution is -1.94. The van der Waals surface area contributed by atoms with Gasteiger partial charge in [0.2, 0.25) is 0 Å². The Morgan fingerprint density at radius 2 is 1.38 bits per heavy atom. The van der Waals surface area contributed by atoms with Crippen LogP contribution in [0.25, 0.3) is 27.6 Å². The van der Waals surface area contributed by atoms with Crippen molar-refractivity contribution in [3.8, 4) is 0 Å². The van der Waals surface area contributed by atoms with Crippen LogP contribution in [0.15, 0.2) is 54.6 Å². The number of hydrogen-bond acceptors (Lipinski definition) is 3. The SMILES string of the molecule is O=C(O)/C=C/c1c2ccccc2c(CSC(=O)O)c2ccccc12. The molecule has 120 valence electrons. The van der Waals surface area contributed by atoms with Gasteiger partial charge in [-0.3, -0.25) is 0 Å². The summed E-state index contributed by atoms with van der Waals surface area (Å²) in [6.45, 7) is 0. The Kier molecular flexibility index (Phi) is 4.53. The number of thioether (sulfide) groups is 1. The van der Waals surface area contributed by atoms with Crippen molar-refractivity contribution >= 4 is 50.7 Å². The van der Waals surface area contributed by atoms with Crippen molar-refractivity contribution in [1.29, 1.82) is 0 Å². The van der Waals surface area contributed by atoms with E-state index in [0.717, 1.165) is 50.5 Å². The maximum atomic E-state index is 11.0. The lowest BCUT2D eigenvalue weighted by Gasteiger charge is -2.14. The molecule has 2 N–H and O–H groups in total. The molecule has 4 nitrogen and oxygen atoms in total. The van der Waals surface area contributed by atoms with Crippen LogP contribution in [-0.2, 0) is 10.5 Å². The quantitative estimate of drug-likeness (QED) is 0.517. The molecule has 0 fully saturated rings. The van der Waals surface area contributed by atoms with E-state index in [9.17, 15) is 9.59 Å². The summed E-state index contributed by atoms with van der Waals surface area (Å²) >= 11 is 0.843. The topological polar surface area (TPSA) is 74.6 Å². The molecule has 0 spiro atoms. The van der Waals surface area contributed by atoms with Crippen molar-refractivity contribution < 1.29 is 19.8 Å². The molecule has 0 saturated carbocycles. The van der Waals surface area contributed by atoms with Crippen LogP contribution in [0.5, 0.6) is 0 Å². The van der Waals surface area contributed by atoms with Crippen molar-refractivity contribution in [2.45, 2.75) is 5.75 Å². The molecule has 0 aromatic heterocycles. The zero-order valence-electron chi connectivity index (χ0n) is 12.6. The molecule has 0 atom stereocenters. The molecule has 0 radical (unpaired) electrons. The lowest BCUT2D eigenvalue weighted by molar-refractivity contribution is -0.131. The van der Waals surface area contributed by atoms with Gasteiger partial charge in [0.1, 0.15) is 0 Å². The first-order valence-electron chi connectivity index (χ1n) is 7.27. The third-order valence-electron chi connectivity index (χ3n) is 3.82. The molecule has 0 aliphatic carbocycles. The molecular weight excluding hydrogens is 324 g/mol. The highest BCUT2D eigenvalue weighted by atomic mass is 32.2. The molecule has 0 aliphatic rings. The summed E-state index contributed by atoms with van der Waals surface area (Å²) < 4.78 is 0. The number of aliphatic carboxylic acids is 1. The average Bonchev–Trinajstić information content (AvgIpc) is 2.57. The molecule has 0 saturated heterocycles. The second-order valence-electron chi connectivity index (χ2n) is 5.21. The van der Waals surface area contributed by atoms with Gasteiger partial charge in [0.15, 0.2) is 0 Å². The van der Waals surface area contributed by atoms with E-state index in [4.69, 9.17) is 10.2 Å². The standard InChI is InChI=1S/C19H14O4S/c20-18(21)10-9-16-12-5-1-3-7-14(12)17(11-24-19(22)23)15-8-4-2-6-13(15)16/h1-10H,11H2,(H,20,21)(H,22,23)/b10-9+. The van der Waals surface area contributed by atoms with Crippen LogP contribution in [0.3, 0.4) is 0 Å². The van der Waals surface area contributed by atoms with E-state index in [2.05, 4.69) is 0 Å². The predicted molar refractivity (Wildman–Crippen MR) is 97.4 cm³/mol. The lowest BCUT2D eigenvalue weighted by atomic mass is 9.92. The van der Waals surface area contributed by atoms with Gasteiger partial charge in [-0.1, -0.05) is 48.5 Å². The summed E-state index contributed by atoms with van der Waals surface area (Å²) in [5, 5.41) is 20.8. The first kappa shape index (κ1) is 16.1. The fourth-order valence-electron chi connectivity index (χ4n) is 2.88. The van der Waals surface area contributed by atoms with E-state index < -0.39 is 11.3 Å². The van der Waals surface area contributed by atoms with Gasteiger partial charge in [-0.2, -0.15) is 0 Å². The summed E-state index contributed by atoms with van der Waals surface area (Å²) in [6, 6.07) is 15.3. The van der Waals surface area contributed by atoms with Crippen LogP contribution in [0, 0.1) is 0 Å². The van der Waals surface area contributed by atoms with Gasteiger partial charge in [-0.25, -0.2) is 9.59 Å². The normalized spacial score (nSPS) is 11.3. The largest absolute Gasteiger partial charge is 0.478 e. The summed E-state index contributed by atoms with van der Waals surface area (Å²) in [7, 11) is 0. The van der Waals surface area contributed by atoms with Gasteiger partial charge in [0.05, 0.1) is 0 Å². The second-order valence-corrected chi connectivity index (χ2v) is 6.14. The van der Waals surface area contributed by atoms with Crippen LogP contribution < -0.4 is 0 Å². The number of carboxylic acid groups (broad SMARTS) is 2. The van der Waals surface area contributed by atoms with Crippen LogP contribution in [-0.4, -0.2) is 21.5 Å². The Hall–Kier alpha value is -2.79. The van der Waals surface area contributed by atoms with E-state index in [1.165, 1.54) is 0 Å². The fourth-order valence-corrected chi connectivity index (χ4v) is 3.45. The molecule has 3 rings (SSSR count). The summed E-state index contributed by atoms with van der Waals surface area (Å²) in [5.74, 6) is -0.659. The number of rotatable bonds is 4. The minimum Gasteiger partial charge on any atom is -0.478 e. The van der Waals surface area contributed by atoms with Crippen LogP contribution in [0.4, 0.5) is 4.79 Å². The number of hydrogen-bond donors (Lipinski definition) is 2. The number of carboxylic acids is 1. The molecule has 24 heavy (non-hydrogen) atoms. The Morgan fingerprint density at radius 1 is 0.875 bits per heavy atom. The van der Waals surface area contributed by atoms with Gasteiger partial charge in [0.25, 0.3) is 0 Å². The summed E-state index contributed by atoms with van der Waals surface area (Å²) in [4.78, 5) is 21.9. The van der Waals surface area contributed by atoms with Crippen LogP contribution >= 0.6 is 11.8 Å². The predicted octanol–water partition coefficient (Wildman–Crippen LogP) is 5.00. The van der Waals surface area contributed by atoms with Crippen molar-refractivity contribution in [3.05, 3.63) is 65.7 Å². The van der Waals surface area contributed by atoms with Gasteiger partial charge in [0, 0.05) is 11.8 Å².